The number of fused-ring (bicyclic) bond motifs is 2. The first kappa shape index (κ1) is 15.8. The summed E-state index contributed by atoms with van der Waals surface area (Å²) in [7, 11) is 2.38. The van der Waals surface area contributed by atoms with Gasteiger partial charge in [-0.3, -0.25) is 0 Å². The van der Waals surface area contributed by atoms with Crippen molar-refractivity contribution in [3.05, 3.63) is 0 Å². The molecule has 0 heterocycles. The summed E-state index contributed by atoms with van der Waals surface area (Å²) >= 11 is 0. The smallest absolute Gasteiger partial charge is 0.0108 e. The van der Waals surface area contributed by atoms with E-state index >= 15 is 0 Å². The van der Waals surface area contributed by atoms with Gasteiger partial charge in [0.15, 0.2) is 0 Å². The average molecular weight is 293 g/mol. The Morgan fingerprint density at radius 3 is 2.43 bits per heavy atom. The van der Waals surface area contributed by atoms with Gasteiger partial charge in [0.2, 0.25) is 0 Å². The van der Waals surface area contributed by atoms with E-state index in [1.54, 1.807) is 6.42 Å². The van der Waals surface area contributed by atoms with Crippen LogP contribution in [0.3, 0.4) is 0 Å². The van der Waals surface area contributed by atoms with E-state index in [1.165, 1.54) is 51.6 Å². The minimum absolute atomic E-state index is 0.772. The molecule has 0 saturated heterocycles. The summed E-state index contributed by atoms with van der Waals surface area (Å²) in [5.74, 6) is 5.00. The lowest BCUT2D eigenvalue weighted by atomic mass is 9.78. The summed E-state index contributed by atoms with van der Waals surface area (Å²) in [6, 6.07) is 0.772. The third-order valence-corrected chi connectivity index (χ3v) is 6.69. The third-order valence-electron chi connectivity index (χ3n) is 6.69. The number of rotatable bonds is 6. The van der Waals surface area contributed by atoms with Crippen LogP contribution in [0.15, 0.2) is 0 Å². The van der Waals surface area contributed by atoms with Gasteiger partial charge in [-0.05, 0) is 81.7 Å². The fraction of sp³-hybridized carbons (Fsp3) is 1.00. The first-order valence-corrected chi connectivity index (χ1v) is 9.57. The predicted molar refractivity (Wildman–Crippen MR) is 90.4 cm³/mol. The second-order valence-electron chi connectivity index (χ2n) is 8.50. The van der Waals surface area contributed by atoms with Crippen LogP contribution in [-0.4, -0.2) is 37.6 Å². The Morgan fingerprint density at radius 2 is 1.76 bits per heavy atom. The van der Waals surface area contributed by atoms with Crippen molar-refractivity contribution < 1.29 is 0 Å². The highest BCUT2D eigenvalue weighted by Gasteiger charge is 2.40. The Morgan fingerprint density at radius 1 is 0.952 bits per heavy atom. The number of hydrogen-bond acceptors (Lipinski definition) is 2. The van der Waals surface area contributed by atoms with E-state index in [9.17, 15) is 0 Å². The second kappa shape index (κ2) is 7.00. The van der Waals surface area contributed by atoms with Crippen LogP contribution in [0.4, 0.5) is 0 Å². The maximum atomic E-state index is 3.75. The predicted octanol–water partition coefficient (Wildman–Crippen LogP) is 3.77. The van der Waals surface area contributed by atoms with Gasteiger partial charge in [0.1, 0.15) is 0 Å². The standard InChI is InChI=1S/C19H36N2/c1-4-20-19-8-5-14(2)9-18(19)13-21(3)12-17-11-15-6-7-16(17)10-15/h14-20H,4-13H2,1-3H3. The topological polar surface area (TPSA) is 15.3 Å². The summed E-state index contributed by atoms with van der Waals surface area (Å²) in [6.45, 7) is 8.52. The van der Waals surface area contributed by atoms with Crippen molar-refractivity contribution >= 4 is 0 Å². The van der Waals surface area contributed by atoms with Crippen molar-refractivity contribution in [3.8, 4) is 0 Å². The molecule has 3 rings (SSSR count). The van der Waals surface area contributed by atoms with Crippen molar-refractivity contribution in [2.45, 2.75) is 64.8 Å². The summed E-state index contributed by atoms with van der Waals surface area (Å²) in [5, 5.41) is 3.75. The van der Waals surface area contributed by atoms with E-state index in [1.807, 2.05) is 0 Å². The molecule has 2 heteroatoms. The number of hydrogen-bond donors (Lipinski definition) is 1. The van der Waals surface area contributed by atoms with Gasteiger partial charge in [0.25, 0.3) is 0 Å². The van der Waals surface area contributed by atoms with Gasteiger partial charge in [-0.15, -0.1) is 0 Å². The molecule has 1 N–H and O–H groups in total. The van der Waals surface area contributed by atoms with E-state index in [0.717, 1.165) is 42.2 Å². The van der Waals surface area contributed by atoms with E-state index in [2.05, 4.69) is 31.1 Å². The molecule has 21 heavy (non-hydrogen) atoms. The quantitative estimate of drug-likeness (QED) is 0.801. The molecule has 0 aromatic heterocycles. The third kappa shape index (κ3) is 3.82. The van der Waals surface area contributed by atoms with Gasteiger partial charge in [0.05, 0.1) is 0 Å². The molecular formula is C19H36N2. The highest BCUT2D eigenvalue weighted by Crippen LogP contribution is 2.48. The molecule has 0 radical (unpaired) electrons. The molecule has 6 atom stereocenters. The maximum Gasteiger partial charge on any atom is 0.0108 e. The molecule has 0 amide bonds. The molecule has 0 aliphatic heterocycles. The molecule has 3 fully saturated rings. The average Bonchev–Trinajstić information content (AvgIpc) is 3.04. The number of nitrogens with zero attached hydrogens (tertiary/aromatic N) is 1. The van der Waals surface area contributed by atoms with E-state index in [4.69, 9.17) is 0 Å². The normalized spacial score (nSPS) is 42.9. The van der Waals surface area contributed by atoms with Gasteiger partial charge >= 0.3 is 0 Å². The Balaban J connectivity index is 1.49. The first-order valence-electron chi connectivity index (χ1n) is 9.57. The van der Waals surface area contributed by atoms with E-state index < -0.39 is 0 Å². The monoisotopic (exact) mass is 292 g/mol. The van der Waals surface area contributed by atoms with Crippen molar-refractivity contribution in [2.24, 2.45) is 29.6 Å². The van der Waals surface area contributed by atoms with Crippen molar-refractivity contribution in [1.82, 2.24) is 10.2 Å². The zero-order valence-electron chi connectivity index (χ0n) is 14.5. The fourth-order valence-corrected chi connectivity index (χ4v) is 5.71. The van der Waals surface area contributed by atoms with Gasteiger partial charge in [-0.25, -0.2) is 0 Å². The Kier molecular flexibility index (Phi) is 5.27. The lowest BCUT2D eigenvalue weighted by Crippen LogP contribution is -2.45. The first-order chi connectivity index (χ1) is 10.2. The highest BCUT2D eigenvalue weighted by atomic mass is 15.1. The minimum Gasteiger partial charge on any atom is -0.314 e. The van der Waals surface area contributed by atoms with Crippen molar-refractivity contribution in [2.75, 3.05) is 26.7 Å². The fourth-order valence-electron chi connectivity index (χ4n) is 5.71. The molecule has 3 saturated carbocycles. The van der Waals surface area contributed by atoms with Gasteiger partial charge in [-0.2, -0.15) is 0 Å². The summed E-state index contributed by atoms with van der Waals surface area (Å²) in [6.07, 6.45) is 10.4. The van der Waals surface area contributed by atoms with Crippen LogP contribution in [0.2, 0.25) is 0 Å². The van der Waals surface area contributed by atoms with Crippen LogP contribution in [0.1, 0.15) is 58.8 Å². The largest absolute Gasteiger partial charge is 0.314 e. The van der Waals surface area contributed by atoms with Crippen molar-refractivity contribution in [1.29, 1.82) is 0 Å². The molecule has 2 nitrogen and oxygen atoms in total. The Labute approximate surface area is 132 Å². The molecule has 6 unspecified atom stereocenters. The van der Waals surface area contributed by atoms with E-state index in [0.29, 0.717) is 0 Å². The minimum atomic E-state index is 0.772. The number of nitrogens with one attached hydrogen (secondary N) is 1. The summed E-state index contributed by atoms with van der Waals surface area (Å²) in [4.78, 5) is 2.68. The highest BCUT2D eigenvalue weighted by molar-refractivity contribution is 4.92. The van der Waals surface area contributed by atoms with Crippen LogP contribution in [-0.2, 0) is 0 Å². The zero-order valence-corrected chi connectivity index (χ0v) is 14.5. The van der Waals surface area contributed by atoms with Crippen LogP contribution in [0, 0.1) is 29.6 Å². The summed E-state index contributed by atoms with van der Waals surface area (Å²) < 4.78 is 0. The second-order valence-corrected chi connectivity index (χ2v) is 8.50. The molecule has 0 aromatic rings. The molecule has 0 spiro atoms. The maximum absolute atomic E-state index is 3.75. The van der Waals surface area contributed by atoms with Crippen LogP contribution >= 0.6 is 0 Å². The van der Waals surface area contributed by atoms with Gasteiger partial charge in [0, 0.05) is 19.1 Å². The Bertz CT molecular complexity index is 330. The lowest BCUT2D eigenvalue weighted by molar-refractivity contribution is 0.139. The molecule has 122 valence electrons. The molecule has 2 bridgehead atoms. The van der Waals surface area contributed by atoms with Crippen LogP contribution in [0.25, 0.3) is 0 Å². The SMILES string of the molecule is CCNC1CCC(C)CC1CN(C)CC1CC2CCC1C2. The lowest BCUT2D eigenvalue weighted by Gasteiger charge is -2.38. The zero-order chi connectivity index (χ0) is 14.8. The van der Waals surface area contributed by atoms with Gasteiger partial charge < -0.3 is 10.2 Å². The van der Waals surface area contributed by atoms with Gasteiger partial charge in [-0.1, -0.05) is 20.3 Å². The summed E-state index contributed by atoms with van der Waals surface area (Å²) in [5.41, 5.74) is 0. The van der Waals surface area contributed by atoms with Crippen LogP contribution < -0.4 is 5.32 Å². The molecule has 0 aromatic carbocycles. The van der Waals surface area contributed by atoms with Crippen LogP contribution in [0.5, 0.6) is 0 Å². The molecule has 3 aliphatic rings. The molecular weight excluding hydrogens is 256 g/mol. The van der Waals surface area contributed by atoms with E-state index in [-0.39, 0.29) is 0 Å². The molecule has 3 aliphatic carbocycles. The van der Waals surface area contributed by atoms with Crippen molar-refractivity contribution in [3.63, 3.8) is 0 Å². The Hall–Kier alpha value is -0.0800.